The van der Waals surface area contributed by atoms with E-state index in [4.69, 9.17) is 0 Å². The van der Waals surface area contributed by atoms with Crippen molar-refractivity contribution >= 4 is 11.8 Å². The van der Waals surface area contributed by atoms with E-state index >= 15 is 0 Å². The van der Waals surface area contributed by atoms with E-state index in [9.17, 15) is 0 Å². The van der Waals surface area contributed by atoms with Gasteiger partial charge in [-0.05, 0) is 47.9 Å². The van der Waals surface area contributed by atoms with Crippen molar-refractivity contribution in [2.45, 2.75) is 63.9 Å². The molecule has 0 atom stereocenters. The van der Waals surface area contributed by atoms with Gasteiger partial charge in [0.2, 0.25) is 0 Å². The third-order valence-corrected chi connectivity index (χ3v) is 5.30. The van der Waals surface area contributed by atoms with E-state index in [2.05, 4.69) is 62.4 Å². The second-order valence-electron chi connectivity index (χ2n) is 6.33. The minimum absolute atomic E-state index is 1.10. The van der Waals surface area contributed by atoms with Crippen LogP contribution in [0.5, 0.6) is 0 Å². The quantitative estimate of drug-likeness (QED) is 0.462. The molecule has 1 heteroatoms. The highest BCUT2D eigenvalue weighted by Crippen LogP contribution is 2.19. The summed E-state index contributed by atoms with van der Waals surface area (Å²) in [4.78, 5) is 0. The van der Waals surface area contributed by atoms with Gasteiger partial charge >= 0.3 is 0 Å². The molecule has 0 saturated heterocycles. The Bertz CT molecular complexity index is 488. The summed E-state index contributed by atoms with van der Waals surface area (Å²) < 4.78 is 0. The van der Waals surface area contributed by atoms with Gasteiger partial charge in [-0.1, -0.05) is 75.2 Å². The summed E-state index contributed by atoms with van der Waals surface area (Å²) in [7, 11) is 0. The number of hydrogen-bond donors (Lipinski definition) is 0. The van der Waals surface area contributed by atoms with Crippen LogP contribution in [0.15, 0.2) is 48.5 Å². The fourth-order valence-electron chi connectivity index (χ4n) is 2.65. The van der Waals surface area contributed by atoms with Crippen molar-refractivity contribution in [1.29, 1.82) is 0 Å². The fourth-order valence-corrected chi connectivity index (χ4v) is 3.61. The van der Waals surface area contributed by atoms with Crippen LogP contribution in [-0.4, -0.2) is 0 Å². The molecule has 0 aliphatic rings. The van der Waals surface area contributed by atoms with Gasteiger partial charge in [0.05, 0.1) is 0 Å². The Balaban J connectivity index is 1.73. The van der Waals surface area contributed by atoms with Gasteiger partial charge in [0, 0.05) is 11.5 Å². The highest BCUT2D eigenvalue weighted by atomic mass is 32.2. The summed E-state index contributed by atoms with van der Waals surface area (Å²) in [6, 6.07) is 18.4. The molecule has 0 heterocycles. The van der Waals surface area contributed by atoms with Crippen molar-refractivity contribution in [3.8, 4) is 0 Å². The zero-order valence-electron chi connectivity index (χ0n) is 14.7. The smallest absolute Gasteiger partial charge is 0.0187 e. The van der Waals surface area contributed by atoms with Crippen LogP contribution in [0.1, 0.15) is 61.8 Å². The van der Waals surface area contributed by atoms with E-state index in [1.807, 2.05) is 11.8 Å². The lowest BCUT2D eigenvalue weighted by Crippen LogP contribution is -1.88. The number of thioether (sulfide) groups is 1. The monoisotopic (exact) mass is 326 g/mol. The first-order valence-electron chi connectivity index (χ1n) is 9.05. The zero-order valence-corrected chi connectivity index (χ0v) is 15.5. The average Bonchev–Trinajstić information content (AvgIpc) is 2.60. The Morgan fingerprint density at radius 3 is 1.26 bits per heavy atom. The van der Waals surface area contributed by atoms with Gasteiger partial charge in [0.25, 0.3) is 0 Å². The maximum Gasteiger partial charge on any atom is 0.0187 e. The van der Waals surface area contributed by atoms with Gasteiger partial charge < -0.3 is 0 Å². The molecule has 0 N–H and O–H groups in total. The molecule has 0 aliphatic carbocycles. The summed E-state index contributed by atoms with van der Waals surface area (Å²) in [5.41, 5.74) is 5.83. The number of unbranched alkanes of at least 4 members (excludes halogenated alkanes) is 2. The van der Waals surface area contributed by atoms with E-state index in [-0.39, 0.29) is 0 Å². The Morgan fingerprint density at radius 1 is 0.565 bits per heavy atom. The number of rotatable bonds is 10. The van der Waals surface area contributed by atoms with Crippen LogP contribution in [0, 0.1) is 0 Å². The number of benzene rings is 2. The standard InChI is InChI=1S/C22H30S/c1-3-5-7-19-9-13-21(14-10-19)17-23-18-22-15-11-20(12-16-22)8-6-4-2/h9-16H,3-8,17-18H2,1-2H3. The summed E-state index contributed by atoms with van der Waals surface area (Å²) >= 11 is 2.01. The molecule has 0 fully saturated rings. The molecule has 0 aliphatic heterocycles. The van der Waals surface area contributed by atoms with Gasteiger partial charge in [-0.25, -0.2) is 0 Å². The Morgan fingerprint density at radius 2 is 0.913 bits per heavy atom. The Hall–Kier alpha value is -1.21. The summed E-state index contributed by atoms with van der Waals surface area (Å²) in [6.07, 6.45) is 7.57. The third-order valence-electron chi connectivity index (χ3n) is 4.22. The van der Waals surface area contributed by atoms with Crippen molar-refractivity contribution in [2.24, 2.45) is 0 Å². The molecule has 2 aromatic rings. The highest BCUT2D eigenvalue weighted by molar-refractivity contribution is 7.97. The highest BCUT2D eigenvalue weighted by Gasteiger charge is 1.98. The second kappa shape index (κ2) is 10.5. The molecule has 0 radical (unpaired) electrons. The van der Waals surface area contributed by atoms with Crippen LogP contribution in [0.4, 0.5) is 0 Å². The molecule has 0 spiro atoms. The minimum Gasteiger partial charge on any atom is -0.152 e. The number of aryl methyl sites for hydroxylation is 2. The van der Waals surface area contributed by atoms with Crippen LogP contribution in [-0.2, 0) is 24.3 Å². The van der Waals surface area contributed by atoms with Crippen LogP contribution >= 0.6 is 11.8 Å². The maximum atomic E-state index is 2.30. The SMILES string of the molecule is CCCCc1ccc(CSCc2ccc(CCCC)cc2)cc1. The summed E-state index contributed by atoms with van der Waals surface area (Å²) in [5.74, 6) is 2.21. The predicted octanol–water partition coefficient (Wildman–Crippen LogP) is 6.81. The van der Waals surface area contributed by atoms with Gasteiger partial charge in [0.1, 0.15) is 0 Å². The second-order valence-corrected chi connectivity index (χ2v) is 7.32. The predicted molar refractivity (Wildman–Crippen MR) is 105 cm³/mol. The van der Waals surface area contributed by atoms with E-state index in [0.717, 1.165) is 11.5 Å². The van der Waals surface area contributed by atoms with Gasteiger partial charge in [-0.3, -0.25) is 0 Å². The molecular formula is C22H30S. The van der Waals surface area contributed by atoms with E-state index < -0.39 is 0 Å². The zero-order chi connectivity index (χ0) is 16.3. The van der Waals surface area contributed by atoms with Crippen molar-refractivity contribution in [3.05, 3.63) is 70.8 Å². The summed E-state index contributed by atoms with van der Waals surface area (Å²) in [6.45, 7) is 4.50. The van der Waals surface area contributed by atoms with Crippen LogP contribution < -0.4 is 0 Å². The van der Waals surface area contributed by atoms with Crippen LogP contribution in [0.3, 0.4) is 0 Å². The van der Waals surface area contributed by atoms with Crippen molar-refractivity contribution in [3.63, 3.8) is 0 Å². The molecule has 124 valence electrons. The fraction of sp³-hybridized carbons (Fsp3) is 0.455. The maximum absolute atomic E-state index is 2.30. The van der Waals surface area contributed by atoms with E-state index in [1.165, 1.54) is 60.8 Å². The van der Waals surface area contributed by atoms with Crippen molar-refractivity contribution < 1.29 is 0 Å². The van der Waals surface area contributed by atoms with Crippen molar-refractivity contribution in [1.82, 2.24) is 0 Å². The average molecular weight is 327 g/mol. The lowest BCUT2D eigenvalue weighted by Gasteiger charge is -2.06. The molecule has 0 unspecified atom stereocenters. The van der Waals surface area contributed by atoms with E-state index in [0.29, 0.717) is 0 Å². The molecule has 0 saturated carbocycles. The minimum atomic E-state index is 1.10. The lowest BCUT2D eigenvalue weighted by molar-refractivity contribution is 0.795. The molecular weight excluding hydrogens is 296 g/mol. The molecule has 0 nitrogen and oxygen atoms in total. The van der Waals surface area contributed by atoms with E-state index in [1.54, 1.807) is 0 Å². The molecule has 2 rings (SSSR count). The first-order chi connectivity index (χ1) is 11.3. The first kappa shape index (κ1) is 18.1. The van der Waals surface area contributed by atoms with Crippen molar-refractivity contribution in [2.75, 3.05) is 0 Å². The lowest BCUT2D eigenvalue weighted by atomic mass is 10.1. The topological polar surface area (TPSA) is 0 Å². The largest absolute Gasteiger partial charge is 0.152 e. The first-order valence-corrected chi connectivity index (χ1v) is 10.2. The van der Waals surface area contributed by atoms with Gasteiger partial charge in [-0.2, -0.15) is 11.8 Å². The molecule has 2 aromatic carbocycles. The molecule has 23 heavy (non-hydrogen) atoms. The van der Waals surface area contributed by atoms with Gasteiger partial charge in [0.15, 0.2) is 0 Å². The Kier molecular flexibility index (Phi) is 8.31. The number of hydrogen-bond acceptors (Lipinski definition) is 1. The van der Waals surface area contributed by atoms with Crippen LogP contribution in [0.2, 0.25) is 0 Å². The molecule has 0 aromatic heterocycles. The van der Waals surface area contributed by atoms with Crippen LogP contribution in [0.25, 0.3) is 0 Å². The third kappa shape index (κ3) is 6.83. The normalized spacial score (nSPS) is 10.9. The summed E-state index contributed by atoms with van der Waals surface area (Å²) in [5, 5.41) is 0. The Labute approximate surface area is 146 Å². The molecule has 0 bridgehead atoms. The van der Waals surface area contributed by atoms with Gasteiger partial charge in [-0.15, -0.1) is 0 Å². The molecule has 0 amide bonds.